The summed E-state index contributed by atoms with van der Waals surface area (Å²) in [5.41, 5.74) is 1.81. The molecule has 0 bridgehead atoms. The third-order valence-corrected chi connectivity index (χ3v) is 3.58. The highest BCUT2D eigenvalue weighted by atomic mass is 35.5. The number of benzene rings is 2. The van der Waals surface area contributed by atoms with Crippen molar-refractivity contribution in [2.45, 2.75) is 5.38 Å². The molecule has 0 amide bonds. The number of rotatable bonds is 4. The summed E-state index contributed by atoms with van der Waals surface area (Å²) >= 11 is 12.5. The lowest BCUT2D eigenvalue weighted by molar-refractivity contribution is 0.391. The molecule has 2 aromatic carbocycles. The quantitative estimate of drug-likeness (QED) is 0.762. The van der Waals surface area contributed by atoms with Crippen LogP contribution in [0.4, 0.5) is 0 Å². The Morgan fingerprint density at radius 3 is 2.42 bits per heavy atom. The van der Waals surface area contributed by atoms with Crippen molar-refractivity contribution in [3.8, 4) is 11.5 Å². The van der Waals surface area contributed by atoms with Gasteiger partial charge in [0, 0.05) is 16.7 Å². The zero-order valence-corrected chi connectivity index (χ0v) is 12.2. The van der Waals surface area contributed by atoms with Crippen LogP contribution in [0.2, 0.25) is 5.02 Å². The molecule has 0 aromatic heterocycles. The first-order valence-electron chi connectivity index (χ1n) is 5.77. The van der Waals surface area contributed by atoms with Gasteiger partial charge in [-0.05, 0) is 29.8 Å². The van der Waals surface area contributed by atoms with Crippen LogP contribution < -0.4 is 9.47 Å². The molecule has 2 rings (SSSR count). The van der Waals surface area contributed by atoms with Gasteiger partial charge in [0.15, 0.2) is 0 Å². The minimum absolute atomic E-state index is 0.320. The SMILES string of the molecule is COc1ccc(C(Cl)c2cccc(Cl)c2)c(OC)c1. The Hall–Kier alpha value is -1.38. The second kappa shape index (κ2) is 6.18. The van der Waals surface area contributed by atoms with Crippen molar-refractivity contribution in [1.29, 1.82) is 0 Å². The molecule has 1 unspecified atom stereocenters. The van der Waals surface area contributed by atoms with Gasteiger partial charge in [-0.2, -0.15) is 0 Å². The lowest BCUT2D eigenvalue weighted by atomic mass is 10.0. The minimum atomic E-state index is -0.320. The van der Waals surface area contributed by atoms with Gasteiger partial charge in [-0.25, -0.2) is 0 Å². The predicted octanol–water partition coefficient (Wildman–Crippen LogP) is 4.69. The van der Waals surface area contributed by atoms with Gasteiger partial charge < -0.3 is 9.47 Å². The Balaban J connectivity index is 2.40. The average molecular weight is 297 g/mol. The summed E-state index contributed by atoms with van der Waals surface area (Å²) in [6.07, 6.45) is 0. The average Bonchev–Trinajstić information content (AvgIpc) is 2.45. The van der Waals surface area contributed by atoms with Crippen LogP contribution in [0.15, 0.2) is 42.5 Å². The van der Waals surface area contributed by atoms with Gasteiger partial charge in [-0.1, -0.05) is 23.7 Å². The van der Waals surface area contributed by atoms with Gasteiger partial charge in [-0.15, -0.1) is 11.6 Å². The Bertz CT molecular complexity index is 570. The highest BCUT2D eigenvalue weighted by molar-refractivity contribution is 6.30. The molecule has 0 aliphatic rings. The smallest absolute Gasteiger partial charge is 0.127 e. The van der Waals surface area contributed by atoms with E-state index in [-0.39, 0.29) is 5.38 Å². The second-order valence-electron chi connectivity index (χ2n) is 4.03. The van der Waals surface area contributed by atoms with Crippen LogP contribution in [0.3, 0.4) is 0 Å². The van der Waals surface area contributed by atoms with E-state index in [0.717, 1.165) is 16.9 Å². The van der Waals surface area contributed by atoms with Crippen molar-refractivity contribution < 1.29 is 9.47 Å². The maximum absolute atomic E-state index is 6.50. The molecule has 2 aromatic rings. The van der Waals surface area contributed by atoms with E-state index in [1.165, 1.54) is 0 Å². The van der Waals surface area contributed by atoms with Crippen molar-refractivity contribution in [2.24, 2.45) is 0 Å². The summed E-state index contributed by atoms with van der Waals surface area (Å²) in [6, 6.07) is 13.1. The summed E-state index contributed by atoms with van der Waals surface area (Å²) in [5.74, 6) is 1.43. The van der Waals surface area contributed by atoms with Crippen LogP contribution in [0.25, 0.3) is 0 Å². The van der Waals surface area contributed by atoms with Crippen LogP contribution in [0.5, 0.6) is 11.5 Å². The molecule has 0 aliphatic carbocycles. The maximum atomic E-state index is 6.50. The van der Waals surface area contributed by atoms with Crippen molar-refractivity contribution in [1.82, 2.24) is 0 Å². The number of hydrogen-bond donors (Lipinski definition) is 0. The van der Waals surface area contributed by atoms with Crippen LogP contribution in [0, 0.1) is 0 Å². The number of methoxy groups -OCH3 is 2. The molecule has 19 heavy (non-hydrogen) atoms. The fourth-order valence-electron chi connectivity index (χ4n) is 1.87. The van der Waals surface area contributed by atoms with Crippen molar-refractivity contribution in [3.63, 3.8) is 0 Å². The fraction of sp³-hybridized carbons (Fsp3) is 0.200. The van der Waals surface area contributed by atoms with E-state index >= 15 is 0 Å². The molecule has 0 fully saturated rings. The molecule has 4 heteroatoms. The van der Waals surface area contributed by atoms with Crippen LogP contribution in [-0.2, 0) is 0 Å². The minimum Gasteiger partial charge on any atom is -0.497 e. The molecule has 1 atom stereocenters. The molecule has 0 spiro atoms. The fourth-order valence-corrected chi connectivity index (χ4v) is 2.39. The Kier molecular flexibility index (Phi) is 4.56. The third-order valence-electron chi connectivity index (χ3n) is 2.86. The van der Waals surface area contributed by atoms with Gasteiger partial charge >= 0.3 is 0 Å². The molecule has 0 saturated carbocycles. The van der Waals surface area contributed by atoms with Crippen LogP contribution >= 0.6 is 23.2 Å². The Labute approximate surface area is 122 Å². The first-order valence-corrected chi connectivity index (χ1v) is 6.58. The predicted molar refractivity (Wildman–Crippen MR) is 78.7 cm³/mol. The monoisotopic (exact) mass is 296 g/mol. The standard InChI is InChI=1S/C15H14Cl2O2/c1-18-12-6-7-13(14(9-12)19-2)15(17)10-4-3-5-11(16)8-10/h3-9,15H,1-2H3. The molecule has 0 heterocycles. The van der Waals surface area contributed by atoms with Gasteiger partial charge in [0.1, 0.15) is 11.5 Å². The first kappa shape index (κ1) is 14.0. The number of halogens is 2. The van der Waals surface area contributed by atoms with Crippen LogP contribution in [0.1, 0.15) is 16.5 Å². The Morgan fingerprint density at radius 2 is 1.79 bits per heavy atom. The molecule has 0 saturated heterocycles. The van der Waals surface area contributed by atoms with E-state index in [1.54, 1.807) is 14.2 Å². The third kappa shape index (κ3) is 3.14. The highest BCUT2D eigenvalue weighted by Crippen LogP contribution is 2.37. The van der Waals surface area contributed by atoms with Gasteiger partial charge in [0.05, 0.1) is 19.6 Å². The molecule has 2 nitrogen and oxygen atoms in total. The lowest BCUT2D eigenvalue weighted by Gasteiger charge is -2.15. The number of ether oxygens (including phenoxy) is 2. The van der Waals surface area contributed by atoms with E-state index in [9.17, 15) is 0 Å². The number of alkyl halides is 1. The molecule has 100 valence electrons. The largest absolute Gasteiger partial charge is 0.497 e. The Morgan fingerprint density at radius 1 is 1.00 bits per heavy atom. The van der Waals surface area contributed by atoms with Gasteiger partial charge in [0.25, 0.3) is 0 Å². The van der Waals surface area contributed by atoms with Gasteiger partial charge in [-0.3, -0.25) is 0 Å². The maximum Gasteiger partial charge on any atom is 0.127 e. The van der Waals surface area contributed by atoms with E-state index in [0.29, 0.717) is 10.8 Å². The zero-order chi connectivity index (χ0) is 13.8. The summed E-state index contributed by atoms with van der Waals surface area (Å²) in [6.45, 7) is 0. The van der Waals surface area contributed by atoms with Crippen molar-refractivity contribution in [2.75, 3.05) is 14.2 Å². The summed E-state index contributed by atoms with van der Waals surface area (Å²) < 4.78 is 10.5. The lowest BCUT2D eigenvalue weighted by Crippen LogP contribution is -1.98. The van der Waals surface area contributed by atoms with Gasteiger partial charge in [0.2, 0.25) is 0 Å². The van der Waals surface area contributed by atoms with E-state index in [2.05, 4.69) is 0 Å². The summed E-state index contributed by atoms with van der Waals surface area (Å²) in [4.78, 5) is 0. The topological polar surface area (TPSA) is 18.5 Å². The molecule has 0 N–H and O–H groups in total. The summed E-state index contributed by atoms with van der Waals surface area (Å²) in [7, 11) is 3.23. The molecular weight excluding hydrogens is 283 g/mol. The van der Waals surface area contributed by atoms with Crippen molar-refractivity contribution in [3.05, 3.63) is 58.6 Å². The van der Waals surface area contributed by atoms with Crippen LogP contribution in [-0.4, -0.2) is 14.2 Å². The summed E-state index contributed by atoms with van der Waals surface area (Å²) in [5, 5.41) is 0.343. The molecule has 0 aliphatic heterocycles. The van der Waals surface area contributed by atoms with E-state index < -0.39 is 0 Å². The van der Waals surface area contributed by atoms with E-state index in [4.69, 9.17) is 32.7 Å². The number of hydrogen-bond acceptors (Lipinski definition) is 2. The molecule has 0 radical (unpaired) electrons. The zero-order valence-electron chi connectivity index (χ0n) is 10.7. The highest BCUT2D eigenvalue weighted by Gasteiger charge is 2.16. The van der Waals surface area contributed by atoms with Crippen molar-refractivity contribution >= 4 is 23.2 Å². The van der Waals surface area contributed by atoms with E-state index in [1.807, 2.05) is 42.5 Å². The molecular formula is C15H14Cl2O2. The normalized spacial score (nSPS) is 12.0. The first-order chi connectivity index (χ1) is 9.15. The second-order valence-corrected chi connectivity index (χ2v) is 4.90.